The zero-order chi connectivity index (χ0) is 16.5. The van der Waals surface area contributed by atoms with E-state index in [2.05, 4.69) is 31.1 Å². The summed E-state index contributed by atoms with van der Waals surface area (Å²) in [6.07, 6.45) is 1.82. The number of imidazole rings is 1. The maximum Gasteiger partial charge on any atom is 0.277 e. The predicted molar refractivity (Wildman–Crippen MR) is 97.2 cm³/mol. The Morgan fingerprint density at radius 1 is 1.12 bits per heavy atom. The van der Waals surface area contributed by atoms with Gasteiger partial charge in [0.2, 0.25) is 5.89 Å². The number of rotatable bonds is 4. The van der Waals surface area contributed by atoms with Gasteiger partial charge in [-0.05, 0) is 40.2 Å². The number of nitrogens with zero attached hydrogens (tertiary/aromatic N) is 4. The lowest BCUT2D eigenvalue weighted by atomic mass is 10.2. The van der Waals surface area contributed by atoms with Crippen molar-refractivity contribution >= 4 is 44.9 Å². The lowest BCUT2D eigenvalue weighted by Crippen LogP contribution is -1.84. The molecule has 0 aliphatic carbocycles. The van der Waals surface area contributed by atoms with Crippen molar-refractivity contribution in [2.75, 3.05) is 0 Å². The number of benzene rings is 1. The van der Waals surface area contributed by atoms with Gasteiger partial charge in [0.05, 0.1) is 10.7 Å². The second kappa shape index (κ2) is 6.58. The fourth-order valence-corrected chi connectivity index (χ4v) is 3.78. The molecule has 0 aliphatic heterocycles. The first-order valence-electron chi connectivity index (χ1n) is 7.04. The molecule has 0 fully saturated rings. The van der Waals surface area contributed by atoms with E-state index in [9.17, 15) is 0 Å². The third kappa shape index (κ3) is 3.07. The Morgan fingerprint density at radius 2 is 1.96 bits per heavy atom. The summed E-state index contributed by atoms with van der Waals surface area (Å²) >= 11 is 11.0. The van der Waals surface area contributed by atoms with E-state index in [1.54, 1.807) is 0 Å². The molecule has 3 aromatic heterocycles. The van der Waals surface area contributed by atoms with Crippen molar-refractivity contribution in [1.82, 2.24) is 19.6 Å². The standard InChI is InChI=1S/C16H10BrClN4OS/c17-14-12(19-13-7-6-11(18)8-22(13)14)9-24-16-21-20-15(23-16)10-4-2-1-3-5-10/h1-8H,9H2. The molecule has 0 saturated carbocycles. The highest BCUT2D eigenvalue weighted by molar-refractivity contribution is 9.10. The van der Waals surface area contributed by atoms with Crippen molar-refractivity contribution in [2.24, 2.45) is 0 Å². The molecule has 0 spiro atoms. The van der Waals surface area contributed by atoms with Gasteiger partial charge in [0.1, 0.15) is 10.3 Å². The van der Waals surface area contributed by atoms with Crippen molar-refractivity contribution in [1.29, 1.82) is 0 Å². The minimum absolute atomic E-state index is 0.510. The highest BCUT2D eigenvalue weighted by Gasteiger charge is 2.13. The molecule has 4 rings (SSSR count). The van der Waals surface area contributed by atoms with Crippen LogP contribution in [0.3, 0.4) is 0 Å². The number of hydrogen-bond donors (Lipinski definition) is 0. The number of aromatic nitrogens is 4. The van der Waals surface area contributed by atoms with Crippen LogP contribution >= 0.6 is 39.3 Å². The third-order valence-electron chi connectivity index (χ3n) is 3.35. The summed E-state index contributed by atoms with van der Waals surface area (Å²) < 4.78 is 8.47. The Balaban J connectivity index is 1.53. The Kier molecular flexibility index (Phi) is 4.30. The van der Waals surface area contributed by atoms with Crippen molar-refractivity contribution in [2.45, 2.75) is 11.0 Å². The van der Waals surface area contributed by atoms with Crippen LogP contribution in [0.2, 0.25) is 5.02 Å². The molecule has 0 aliphatic rings. The van der Waals surface area contributed by atoms with Crippen LogP contribution in [0.4, 0.5) is 0 Å². The SMILES string of the molecule is Clc1ccc2nc(CSc3nnc(-c4ccccc4)o3)c(Br)n2c1. The molecule has 24 heavy (non-hydrogen) atoms. The minimum atomic E-state index is 0.510. The molecule has 4 aromatic rings. The summed E-state index contributed by atoms with van der Waals surface area (Å²) in [6, 6.07) is 13.4. The van der Waals surface area contributed by atoms with E-state index >= 15 is 0 Å². The number of hydrogen-bond acceptors (Lipinski definition) is 5. The Morgan fingerprint density at radius 3 is 2.79 bits per heavy atom. The van der Waals surface area contributed by atoms with Crippen LogP contribution in [0.1, 0.15) is 5.69 Å². The summed E-state index contributed by atoms with van der Waals surface area (Å²) in [5.41, 5.74) is 2.62. The molecule has 0 unspecified atom stereocenters. The smallest absolute Gasteiger partial charge is 0.277 e. The highest BCUT2D eigenvalue weighted by Crippen LogP contribution is 2.29. The van der Waals surface area contributed by atoms with Gasteiger partial charge in [-0.2, -0.15) is 0 Å². The Hall–Kier alpha value is -1.83. The normalized spacial score (nSPS) is 11.2. The molecule has 5 nitrogen and oxygen atoms in total. The van der Waals surface area contributed by atoms with E-state index < -0.39 is 0 Å². The molecule has 0 N–H and O–H groups in total. The maximum absolute atomic E-state index is 6.03. The predicted octanol–water partition coefficient (Wildman–Crippen LogP) is 5.09. The summed E-state index contributed by atoms with van der Waals surface area (Å²) in [4.78, 5) is 4.58. The molecule has 1 aromatic carbocycles. The van der Waals surface area contributed by atoms with Crippen molar-refractivity contribution in [3.8, 4) is 11.5 Å². The van der Waals surface area contributed by atoms with Gasteiger partial charge in [0.15, 0.2) is 0 Å². The lowest BCUT2D eigenvalue weighted by molar-refractivity contribution is 0.466. The maximum atomic E-state index is 6.03. The van der Waals surface area contributed by atoms with Crippen LogP contribution in [-0.2, 0) is 5.75 Å². The number of halogens is 2. The van der Waals surface area contributed by atoms with Gasteiger partial charge in [0, 0.05) is 17.5 Å². The minimum Gasteiger partial charge on any atom is -0.411 e. The van der Waals surface area contributed by atoms with Gasteiger partial charge in [0.25, 0.3) is 5.22 Å². The number of pyridine rings is 1. The highest BCUT2D eigenvalue weighted by atomic mass is 79.9. The quantitative estimate of drug-likeness (QED) is 0.429. The van der Waals surface area contributed by atoms with Gasteiger partial charge < -0.3 is 4.42 Å². The lowest BCUT2D eigenvalue weighted by Gasteiger charge is -1.96. The van der Waals surface area contributed by atoms with Crippen LogP contribution < -0.4 is 0 Å². The van der Waals surface area contributed by atoms with Gasteiger partial charge >= 0.3 is 0 Å². The molecule has 0 saturated heterocycles. The second-order valence-electron chi connectivity index (χ2n) is 4.95. The van der Waals surface area contributed by atoms with Crippen LogP contribution in [0, 0.1) is 0 Å². The summed E-state index contributed by atoms with van der Waals surface area (Å²) in [5.74, 6) is 1.12. The summed E-state index contributed by atoms with van der Waals surface area (Å²) in [7, 11) is 0. The first-order valence-corrected chi connectivity index (χ1v) is 9.20. The Bertz CT molecular complexity index is 1000. The van der Waals surface area contributed by atoms with Crippen LogP contribution in [0.5, 0.6) is 0 Å². The number of thioether (sulfide) groups is 1. The van der Waals surface area contributed by atoms with Crippen LogP contribution in [0.15, 0.2) is 62.9 Å². The van der Waals surface area contributed by atoms with Crippen molar-refractivity contribution < 1.29 is 4.42 Å². The van der Waals surface area contributed by atoms with E-state index in [1.165, 1.54) is 11.8 Å². The fraction of sp³-hybridized carbons (Fsp3) is 0.0625. The van der Waals surface area contributed by atoms with Crippen LogP contribution in [0.25, 0.3) is 17.1 Å². The average Bonchev–Trinajstić information content (AvgIpc) is 3.19. The Labute approximate surface area is 155 Å². The fourth-order valence-electron chi connectivity index (χ4n) is 2.23. The van der Waals surface area contributed by atoms with Crippen molar-refractivity contribution in [3.05, 3.63) is 64.0 Å². The number of fused-ring (bicyclic) bond motifs is 1. The van der Waals surface area contributed by atoms with Gasteiger partial charge in [-0.25, -0.2) is 4.98 Å². The van der Waals surface area contributed by atoms with E-state index in [0.717, 1.165) is 21.5 Å². The molecule has 0 atom stereocenters. The van der Waals surface area contributed by atoms with E-state index in [1.807, 2.05) is 53.1 Å². The summed E-state index contributed by atoms with van der Waals surface area (Å²) in [6.45, 7) is 0. The monoisotopic (exact) mass is 420 g/mol. The largest absolute Gasteiger partial charge is 0.411 e. The molecule has 0 radical (unpaired) electrons. The molecular formula is C16H10BrClN4OS. The third-order valence-corrected chi connectivity index (χ3v) is 5.24. The van der Waals surface area contributed by atoms with Gasteiger partial charge in [-0.15, -0.1) is 10.2 Å². The molecular weight excluding hydrogens is 412 g/mol. The first kappa shape index (κ1) is 15.7. The van der Waals surface area contributed by atoms with Gasteiger partial charge in [-0.3, -0.25) is 4.40 Å². The van der Waals surface area contributed by atoms with E-state index in [-0.39, 0.29) is 0 Å². The first-order chi connectivity index (χ1) is 11.7. The zero-order valence-electron chi connectivity index (χ0n) is 12.2. The second-order valence-corrected chi connectivity index (χ2v) is 7.07. The molecule has 8 heteroatoms. The molecule has 0 bridgehead atoms. The van der Waals surface area contributed by atoms with E-state index in [0.29, 0.717) is 21.9 Å². The summed E-state index contributed by atoms with van der Waals surface area (Å²) in [5, 5.41) is 9.33. The van der Waals surface area contributed by atoms with E-state index in [4.69, 9.17) is 16.0 Å². The zero-order valence-corrected chi connectivity index (χ0v) is 15.3. The topological polar surface area (TPSA) is 56.2 Å². The van der Waals surface area contributed by atoms with Crippen molar-refractivity contribution in [3.63, 3.8) is 0 Å². The molecule has 3 heterocycles. The van der Waals surface area contributed by atoms with Gasteiger partial charge in [-0.1, -0.05) is 41.6 Å². The average molecular weight is 422 g/mol. The molecule has 120 valence electrons. The molecule has 0 amide bonds. The van der Waals surface area contributed by atoms with Crippen LogP contribution in [-0.4, -0.2) is 19.6 Å².